The van der Waals surface area contributed by atoms with Crippen molar-refractivity contribution < 1.29 is 22.6 Å². The number of rotatable bonds is 8. The number of aromatic nitrogens is 1. The van der Waals surface area contributed by atoms with Crippen LogP contribution in [0.4, 0.5) is 13.2 Å². The van der Waals surface area contributed by atoms with E-state index in [2.05, 4.69) is 20.6 Å². The maximum atomic E-state index is 12.5. The zero-order valence-electron chi connectivity index (χ0n) is 15.2. The highest BCUT2D eigenvalue weighted by Crippen LogP contribution is 2.29. The Morgan fingerprint density at radius 2 is 2.04 bits per heavy atom. The second-order valence-corrected chi connectivity index (χ2v) is 6.78. The van der Waals surface area contributed by atoms with E-state index >= 15 is 0 Å². The van der Waals surface area contributed by atoms with Crippen LogP contribution in [0.3, 0.4) is 0 Å². The lowest BCUT2D eigenvalue weighted by Crippen LogP contribution is -2.39. The van der Waals surface area contributed by atoms with Gasteiger partial charge in [0.2, 0.25) is 0 Å². The number of alkyl halides is 3. The van der Waals surface area contributed by atoms with Crippen LogP contribution in [0.5, 0.6) is 0 Å². The fourth-order valence-electron chi connectivity index (χ4n) is 2.44. The van der Waals surface area contributed by atoms with E-state index in [4.69, 9.17) is 9.47 Å². The van der Waals surface area contributed by atoms with E-state index in [0.717, 1.165) is 49.2 Å². The summed E-state index contributed by atoms with van der Waals surface area (Å²) in [6, 6.07) is 0. The van der Waals surface area contributed by atoms with Gasteiger partial charge < -0.3 is 20.1 Å². The number of hydrogen-bond donors (Lipinski definition) is 2. The van der Waals surface area contributed by atoms with Gasteiger partial charge in [0.05, 0.1) is 11.1 Å². The largest absolute Gasteiger partial charge is 0.434 e. The third-order valence-electron chi connectivity index (χ3n) is 3.83. The molecule has 6 nitrogen and oxygen atoms in total. The molecule has 0 radical (unpaired) electrons. The molecule has 1 aliphatic rings. The minimum absolute atomic E-state index is 0. The summed E-state index contributed by atoms with van der Waals surface area (Å²) in [6.45, 7) is 3.38. The molecule has 0 saturated carbocycles. The maximum Gasteiger partial charge on any atom is 0.434 e. The first-order valence-electron chi connectivity index (χ1n) is 8.64. The summed E-state index contributed by atoms with van der Waals surface area (Å²) in [4.78, 5) is 7.69. The van der Waals surface area contributed by atoms with Crippen molar-refractivity contribution in [3.63, 3.8) is 0 Å². The average Bonchev–Trinajstić information content (AvgIpc) is 3.10. The van der Waals surface area contributed by atoms with Crippen LogP contribution in [-0.2, 0) is 22.1 Å². The van der Waals surface area contributed by atoms with E-state index in [-0.39, 0.29) is 24.0 Å². The molecule has 1 fully saturated rings. The normalized spacial score (nSPS) is 16.1. The fourth-order valence-corrected chi connectivity index (χ4v) is 3.24. The Balaban J connectivity index is 0.00000364. The average molecular weight is 522 g/mol. The first-order chi connectivity index (χ1) is 12.5. The molecular formula is C16H26F3IN4O2S. The number of aliphatic imine (C=N–C) groups is 1. The fraction of sp³-hybridized carbons (Fsp3) is 0.750. The molecule has 11 heteroatoms. The van der Waals surface area contributed by atoms with Crippen molar-refractivity contribution in [3.8, 4) is 0 Å². The molecule has 0 bridgehead atoms. The molecule has 1 aliphatic heterocycles. The molecule has 1 saturated heterocycles. The van der Waals surface area contributed by atoms with Gasteiger partial charge in [0.15, 0.2) is 11.7 Å². The smallest absolute Gasteiger partial charge is 0.381 e. The molecule has 0 aromatic carbocycles. The summed E-state index contributed by atoms with van der Waals surface area (Å²) in [6.07, 6.45) is -0.936. The van der Waals surface area contributed by atoms with Crippen LogP contribution < -0.4 is 10.6 Å². The SMILES string of the molecule is CN=C(NCCCOC1CCOCC1)NCCc1nc(C(F)(F)F)cs1.I. The van der Waals surface area contributed by atoms with Gasteiger partial charge in [0.25, 0.3) is 0 Å². The number of nitrogens with one attached hydrogen (secondary N) is 2. The summed E-state index contributed by atoms with van der Waals surface area (Å²) in [5.74, 6) is 0.615. The molecule has 0 spiro atoms. The summed E-state index contributed by atoms with van der Waals surface area (Å²) in [7, 11) is 1.65. The van der Waals surface area contributed by atoms with Crippen LogP contribution in [0.1, 0.15) is 30.0 Å². The molecule has 0 aliphatic carbocycles. The minimum atomic E-state index is -4.38. The van der Waals surface area contributed by atoms with Crippen molar-refractivity contribution in [3.05, 3.63) is 16.1 Å². The molecule has 156 valence electrons. The van der Waals surface area contributed by atoms with E-state index in [1.807, 2.05) is 0 Å². The monoisotopic (exact) mass is 522 g/mol. The maximum absolute atomic E-state index is 12.5. The van der Waals surface area contributed by atoms with Crippen molar-refractivity contribution in [2.24, 2.45) is 4.99 Å². The molecule has 2 N–H and O–H groups in total. The van der Waals surface area contributed by atoms with Gasteiger partial charge in [-0.15, -0.1) is 35.3 Å². The Kier molecular flexibility index (Phi) is 11.5. The van der Waals surface area contributed by atoms with Gasteiger partial charge in [-0.05, 0) is 19.3 Å². The standard InChI is InChI=1S/C16H25F3N4O2S.HI/c1-20-15(21-6-2-8-25-12-4-9-24-10-5-12)22-7-3-14-23-13(11-26-14)16(17,18)19;/h11-12H,2-10H2,1H3,(H2,20,21,22);1H. The molecule has 0 amide bonds. The van der Waals surface area contributed by atoms with Crippen LogP contribution in [0.15, 0.2) is 10.4 Å². The van der Waals surface area contributed by atoms with Crippen LogP contribution >= 0.6 is 35.3 Å². The highest BCUT2D eigenvalue weighted by molar-refractivity contribution is 14.0. The van der Waals surface area contributed by atoms with Gasteiger partial charge in [0.1, 0.15) is 0 Å². The lowest BCUT2D eigenvalue weighted by molar-refractivity contribution is -0.140. The summed E-state index contributed by atoms with van der Waals surface area (Å²) in [5, 5.41) is 7.72. The lowest BCUT2D eigenvalue weighted by atomic mass is 10.1. The zero-order chi connectivity index (χ0) is 18.8. The topological polar surface area (TPSA) is 67.8 Å². The second kappa shape index (κ2) is 12.7. The number of guanidine groups is 1. The van der Waals surface area contributed by atoms with Gasteiger partial charge in [-0.3, -0.25) is 4.99 Å². The molecule has 1 aromatic rings. The summed E-state index contributed by atoms with van der Waals surface area (Å²) in [5.41, 5.74) is -0.829. The Hall–Kier alpha value is -0.660. The van der Waals surface area contributed by atoms with Crippen LogP contribution in [0.25, 0.3) is 0 Å². The molecular weight excluding hydrogens is 496 g/mol. The van der Waals surface area contributed by atoms with Crippen molar-refractivity contribution in [1.82, 2.24) is 15.6 Å². The molecule has 0 unspecified atom stereocenters. The first kappa shape index (κ1) is 24.4. The Morgan fingerprint density at radius 3 is 2.67 bits per heavy atom. The van der Waals surface area contributed by atoms with Crippen molar-refractivity contribution in [1.29, 1.82) is 0 Å². The molecule has 1 aromatic heterocycles. The van der Waals surface area contributed by atoms with Gasteiger partial charge in [-0.2, -0.15) is 13.2 Å². The third kappa shape index (κ3) is 9.39. The Bertz CT molecular complexity index is 566. The Morgan fingerprint density at radius 1 is 1.33 bits per heavy atom. The van der Waals surface area contributed by atoms with Gasteiger partial charge in [-0.25, -0.2) is 4.98 Å². The van der Waals surface area contributed by atoms with E-state index in [0.29, 0.717) is 43.2 Å². The third-order valence-corrected chi connectivity index (χ3v) is 4.74. The number of nitrogens with zero attached hydrogens (tertiary/aromatic N) is 2. The van der Waals surface area contributed by atoms with Crippen LogP contribution in [0.2, 0.25) is 0 Å². The number of thiazole rings is 1. The summed E-state index contributed by atoms with van der Waals surface area (Å²) >= 11 is 1.02. The van der Waals surface area contributed by atoms with Crippen LogP contribution in [0, 0.1) is 0 Å². The second-order valence-electron chi connectivity index (χ2n) is 5.84. The van der Waals surface area contributed by atoms with E-state index in [1.165, 1.54) is 0 Å². The molecule has 0 atom stereocenters. The van der Waals surface area contributed by atoms with E-state index in [9.17, 15) is 13.2 Å². The van der Waals surface area contributed by atoms with Gasteiger partial charge in [0, 0.05) is 51.8 Å². The molecule has 2 heterocycles. The number of halogens is 4. The van der Waals surface area contributed by atoms with Crippen LogP contribution in [-0.4, -0.2) is 57.0 Å². The zero-order valence-corrected chi connectivity index (χ0v) is 18.3. The van der Waals surface area contributed by atoms with Crippen molar-refractivity contribution >= 4 is 41.3 Å². The highest BCUT2D eigenvalue weighted by atomic mass is 127. The van der Waals surface area contributed by atoms with Gasteiger partial charge >= 0.3 is 6.18 Å². The molecule has 27 heavy (non-hydrogen) atoms. The van der Waals surface area contributed by atoms with Gasteiger partial charge in [-0.1, -0.05) is 0 Å². The predicted molar refractivity (Wildman–Crippen MR) is 110 cm³/mol. The minimum Gasteiger partial charge on any atom is -0.381 e. The number of hydrogen-bond acceptors (Lipinski definition) is 5. The highest BCUT2D eigenvalue weighted by Gasteiger charge is 2.33. The lowest BCUT2D eigenvalue weighted by Gasteiger charge is -2.22. The first-order valence-corrected chi connectivity index (χ1v) is 9.52. The summed E-state index contributed by atoms with van der Waals surface area (Å²) < 4.78 is 48.6. The molecule has 2 rings (SSSR count). The number of ether oxygens (including phenoxy) is 2. The van der Waals surface area contributed by atoms with E-state index < -0.39 is 11.9 Å². The predicted octanol–water partition coefficient (Wildman–Crippen LogP) is 3.07. The Labute approximate surface area is 178 Å². The quantitative estimate of drug-likeness (QED) is 0.238. The van der Waals surface area contributed by atoms with Crippen molar-refractivity contribution in [2.45, 2.75) is 38.0 Å². The van der Waals surface area contributed by atoms with E-state index in [1.54, 1.807) is 7.05 Å². The van der Waals surface area contributed by atoms with Crippen molar-refractivity contribution in [2.75, 3.05) is 40.0 Å².